The lowest BCUT2D eigenvalue weighted by Gasteiger charge is -2.26. The minimum atomic E-state index is 0.912. The highest BCUT2D eigenvalue weighted by molar-refractivity contribution is 7.25. The number of hydrogen-bond acceptors (Lipinski definition) is 3. The molecule has 0 bridgehead atoms. The van der Waals surface area contributed by atoms with Crippen molar-refractivity contribution in [3.8, 4) is 11.1 Å². The van der Waals surface area contributed by atoms with Gasteiger partial charge in [0.2, 0.25) is 0 Å². The van der Waals surface area contributed by atoms with Gasteiger partial charge in [0.25, 0.3) is 0 Å². The highest BCUT2D eigenvalue weighted by Crippen LogP contribution is 2.43. The third kappa shape index (κ3) is 3.86. The van der Waals surface area contributed by atoms with Crippen LogP contribution in [-0.4, -0.2) is 0 Å². The molecule has 0 spiro atoms. The summed E-state index contributed by atoms with van der Waals surface area (Å²) in [5.74, 6) is 0. The summed E-state index contributed by atoms with van der Waals surface area (Å²) in [5, 5.41) is 7.24. The molecule has 0 fully saturated rings. The summed E-state index contributed by atoms with van der Waals surface area (Å²) in [6.45, 7) is 0. The lowest BCUT2D eigenvalue weighted by atomic mass is 9.98. The van der Waals surface area contributed by atoms with Crippen molar-refractivity contribution in [2.45, 2.75) is 0 Å². The van der Waals surface area contributed by atoms with E-state index in [4.69, 9.17) is 4.42 Å². The molecule has 0 unspecified atom stereocenters. The normalized spacial score (nSPS) is 11.7. The highest BCUT2D eigenvalue weighted by Gasteiger charge is 2.17. The first-order chi connectivity index (χ1) is 21.3. The maximum absolute atomic E-state index is 6.46. The Morgan fingerprint density at radius 1 is 0.465 bits per heavy atom. The molecule has 2 aromatic heterocycles. The summed E-state index contributed by atoms with van der Waals surface area (Å²) in [6, 6.07) is 54.2. The molecule has 0 aliphatic rings. The maximum atomic E-state index is 6.46. The smallest absolute Gasteiger partial charge is 0.143 e. The fraction of sp³-hybridized carbons (Fsp3) is 0. The van der Waals surface area contributed by atoms with Gasteiger partial charge in [0.1, 0.15) is 11.2 Å². The number of para-hydroxylation sites is 1. The molecule has 7 aromatic carbocycles. The Labute approximate surface area is 252 Å². The van der Waals surface area contributed by atoms with Gasteiger partial charge < -0.3 is 9.32 Å². The van der Waals surface area contributed by atoms with Crippen molar-refractivity contribution < 1.29 is 4.42 Å². The molecule has 0 saturated carbocycles. The van der Waals surface area contributed by atoms with Crippen LogP contribution in [0.1, 0.15) is 0 Å². The summed E-state index contributed by atoms with van der Waals surface area (Å²) >= 11 is 1.85. The van der Waals surface area contributed by atoms with Gasteiger partial charge in [0.05, 0.1) is 0 Å². The number of thiophene rings is 1. The third-order valence-corrected chi connectivity index (χ3v) is 9.61. The number of fused-ring (bicyclic) bond motifs is 8. The summed E-state index contributed by atoms with van der Waals surface area (Å²) in [7, 11) is 0. The van der Waals surface area contributed by atoms with Crippen LogP contribution in [0.25, 0.3) is 64.0 Å². The summed E-state index contributed by atoms with van der Waals surface area (Å²) in [4.78, 5) is 2.34. The molecule has 0 N–H and O–H groups in total. The molecule has 0 atom stereocenters. The molecule has 3 heteroatoms. The van der Waals surface area contributed by atoms with Crippen LogP contribution in [0, 0.1) is 0 Å². The zero-order valence-corrected chi connectivity index (χ0v) is 24.0. The van der Waals surface area contributed by atoms with Gasteiger partial charge in [0, 0.05) is 53.4 Å². The molecule has 0 aliphatic heterocycles. The second-order valence-corrected chi connectivity index (χ2v) is 12.0. The molecule has 43 heavy (non-hydrogen) atoms. The fourth-order valence-corrected chi connectivity index (χ4v) is 7.55. The number of anilines is 3. The molecule has 0 aliphatic carbocycles. The van der Waals surface area contributed by atoms with Gasteiger partial charge in [-0.25, -0.2) is 0 Å². The molecule has 0 radical (unpaired) electrons. The predicted molar refractivity (Wildman–Crippen MR) is 184 cm³/mol. The summed E-state index contributed by atoms with van der Waals surface area (Å²) < 4.78 is 9.08. The first-order valence-electron chi connectivity index (χ1n) is 14.5. The van der Waals surface area contributed by atoms with E-state index in [1.165, 1.54) is 31.1 Å². The quantitative estimate of drug-likeness (QED) is 0.210. The zero-order chi connectivity index (χ0) is 28.3. The van der Waals surface area contributed by atoms with E-state index in [9.17, 15) is 0 Å². The van der Waals surface area contributed by atoms with Gasteiger partial charge in [-0.3, -0.25) is 0 Å². The molecular weight excluding hydrogens is 543 g/mol. The van der Waals surface area contributed by atoms with Crippen molar-refractivity contribution >= 4 is 81.3 Å². The topological polar surface area (TPSA) is 16.4 Å². The Kier molecular flexibility index (Phi) is 5.40. The van der Waals surface area contributed by atoms with Gasteiger partial charge in [0.15, 0.2) is 0 Å². The Bertz CT molecular complexity index is 2450. The number of nitrogens with zero attached hydrogens (tertiary/aromatic N) is 1. The van der Waals surface area contributed by atoms with Crippen LogP contribution in [0.15, 0.2) is 156 Å². The molecule has 0 amide bonds. The van der Waals surface area contributed by atoms with Crippen LogP contribution in [0.2, 0.25) is 0 Å². The van der Waals surface area contributed by atoms with E-state index in [-0.39, 0.29) is 0 Å². The Balaban J connectivity index is 1.19. The first kappa shape index (κ1) is 24.2. The van der Waals surface area contributed by atoms with E-state index >= 15 is 0 Å². The van der Waals surface area contributed by atoms with E-state index in [2.05, 4.69) is 157 Å². The summed E-state index contributed by atoms with van der Waals surface area (Å²) in [5.41, 5.74) is 7.59. The van der Waals surface area contributed by atoms with E-state index in [0.717, 1.165) is 50.0 Å². The largest absolute Gasteiger partial charge is 0.455 e. The first-order valence-corrected chi connectivity index (χ1v) is 15.3. The predicted octanol–water partition coefficient (Wildman–Crippen LogP) is 12.2. The van der Waals surface area contributed by atoms with Gasteiger partial charge in [-0.05, 0) is 77.2 Å². The van der Waals surface area contributed by atoms with Gasteiger partial charge in [-0.1, -0.05) is 91.0 Å². The van der Waals surface area contributed by atoms with Crippen LogP contribution in [0.4, 0.5) is 17.1 Å². The Morgan fingerprint density at radius 3 is 2.07 bits per heavy atom. The molecule has 9 rings (SSSR count). The highest BCUT2D eigenvalue weighted by atomic mass is 32.1. The van der Waals surface area contributed by atoms with Crippen molar-refractivity contribution in [2.24, 2.45) is 0 Å². The van der Waals surface area contributed by atoms with Crippen LogP contribution in [-0.2, 0) is 0 Å². The third-order valence-electron chi connectivity index (χ3n) is 8.46. The maximum Gasteiger partial charge on any atom is 0.143 e. The van der Waals surface area contributed by atoms with Crippen LogP contribution >= 0.6 is 11.3 Å². The monoisotopic (exact) mass is 567 g/mol. The average Bonchev–Trinajstić information content (AvgIpc) is 3.64. The standard InChI is InChI=1S/C40H25NOS/c1-2-10-28(11-3-1)41(30-22-24-38-35(25-30)33-13-6-7-16-37(33)43-38)29-20-17-27(18-21-29)31-14-8-15-36-39(31)34-23-19-26-9-4-5-12-32(26)40(34)42-36/h1-25H. The minimum absolute atomic E-state index is 0.912. The van der Waals surface area contributed by atoms with Crippen molar-refractivity contribution in [3.05, 3.63) is 152 Å². The number of rotatable bonds is 4. The van der Waals surface area contributed by atoms with Crippen LogP contribution < -0.4 is 4.90 Å². The lowest BCUT2D eigenvalue weighted by molar-refractivity contribution is 0.673. The van der Waals surface area contributed by atoms with Crippen molar-refractivity contribution in [1.29, 1.82) is 0 Å². The van der Waals surface area contributed by atoms with E-state index in [0.29, 0.717) is 0 Å². The molecule has 2 nitrogen and oxygen atoms in total. The van der Waals surface area contributed by atoms with E-state index in [1.807, 2.05) is 11.3 Å². The SMILES string of the molecule is c1ccc(N(c2ccc(-c3cccc4oc5c6ccccc6ccc5c34)cc2)c2ccc3sc4ccccc4c3c2)cc1. The zero-order valence-electron chi connectivity index (χ0n) is 23.2. The van der Waals surface area contributed by atoms with E-state index in [1.54, 1.807) is 0 Å². The lowest BCUT2D eigenvalue weighted by Crippen LogP contribution is -2.09. The number of furan rings is 1. The van der Waals surface area contributed by atoms with Crippen molar-refractivity contribution in [1.82, 2.24) is 0 Å². The van der Waals surface area contributed by atoms with Gasteiger partial charge >= 0.3 is 0 Å². The minimum Gasteiger partial charge on any atom is -0.455 e. The number of benzene rings is 7. The van der Waals surface area contributed by atoms with Crippen molar-refractivity contribution in [2.75, 3.05) is 4.90 Å². The Morgan fingerprint density at radius 2 is 1.19 bits per heavy atom. The number of hydrogen-bond donors (Lipinski definition) is 0. The van der Waals surface area contributed by atoms with Crippen LogP contribution in [0.5, 0.6) is 0 Å². The average molecular weight is 568 g/mol. The molecule has 0 saturated heterocycles. The van der Waals surface area contributed by atoms with E-state index < -0.39 is 0 Å². The second kappa shape index (κ2) is 9.59. The van der Waals surface area contributed by atoms with Gasteiger partial charge in [-0.15, -0.1) is 11.3 Å². The molecule has 2 heterocycles. The second-order valence-electron chi connectivity index (χ2n) is 10.9. The molecular formula is C40H25NOS. The van der Waals surface area contributed by atoms with Crippen molar-refractivity contribution in [3.63, 3.8) is 0 Å². The summed E-state index contributed by atoms with van der Waals surface area (Å²) in [6.07, 6.45) is 0. The molecule has 202 valence electrons. The Hall–Kier alpha value is -5.38. The van der Waals surface area contributed by atoms with Gasteiger partial charge in [-0.2, -0.15) is 0 Å². The molecule has 9 aromatic rings. The van der Waals surface area contributed by atoms with Crippen LogP contribution in [0.3, 0.4) is 0 Å². The fourth-order valence-electron chi connectivity index (χ4n) is 6.46.